The van der Waals surface area contributed by atoms with Gasteiger partial charge < -0.3 is 11.1 Å². The van der Waals surface area contributed by atoms with Crippen molar-refractivity contribution in [1.29, 1.82) is 5.41 Å². The number of carbonyl (C=O) groups is 1. The molecule has 0 saturated carbocycles. The molecule has 0 radical (unpaired) electrons. The summed E-state index contributed by atoms with van der Waals surface area (Å²) in [6.07, 6.45) is 4.20. The highest BCUT2D eigenvalue weighted by molar-refractivity contribution is 5.98. The lowest BCUT2D eigenvalue weighted by Gasteiger charge is -2.36. The fraction of sp³-hybridized carbons (Fsp3) is 0.389. The van der Waals surface area contributed by atoms with Gasteiger partial charge in [-0.1, -0.05) is 25.1 Å². The van der Waals surface area contributed by atoms with E-state index < -0.39 is 0 Å². The molecule has 2 atom stereocenters. The quantitative estimate of drug-likeness (QED) is 0.849. The minimum atomic E-state index is -0.275. The summed E-state index contributed by atoms with van der Waals surface area (Å²) in [4.78, 5) is 17.9. The maximum atomic E-state index is 11.3. The summed E-state index contributed by atoms with van der Waals surface area (Å²) >= 11 is 0. The van der Waals surface area contributed by atoms with Crippen LogP contribution in [0.2, 0.25) is 0 Å². The van der Waals surface area contributed by atoms with Crippen LogP contribution in [-0.2, 0) is 4.79 Å². The van der Waals surface area contributed by atoms with Gasteiger partial charge in [-0.25, -0.2) is 0 Å². The average molecular weight is 310 g/mol. The van der Waals surface area contributed by atoms with Gasteiger partial charge in [-0.2, -0.15) is 0 Å². The number of nitrogens with zero attached hydrogens (tertiary/aromatic N) is 2. The van der Waals surface area contributed by atoms with Gasteiger partial charge >= 0.3 is 0 Å². The summed E-state index contributed by atoms with van der Waals surface area (Å²) in [5.41, 5.74) is 8.33. The molecule has 120 valence electrons. The number of primary amides is 1. The van der Waals surface area contributed by atoms with E-state index in [1.54, 1.807) is 6.20 Å². The van der Waals surface area contributed by atoms with E-state index in [1.807, 2.05) is 12.1 Å². The van der Waals surface area contributed by atoms with E-state index in [0.29, 0.717) is 18.4 Å². The zero-order chi connectivity index (χ0) is 16.4. The number of amides is 1. The minimum absolute atomic E-state index is 0.275. The topological polar surface area (TPSA) is 83.1 Å². The van der Waals surface area contributed by atoms with Crippen LogP contribution in [0.3, 0.4) is 0 Å². The van der Waals surface area contributed by atoms with Crippen molar-refractivity contribution >= 4 is 23.0 Å². The Labute approximate surface area is 136 Å². The zero-order valence-electron chi connectivity index (χ0n) is 13.3. The molecule has 5 heteroatoms. The molecule has 1 aliphatic rings. The molecule has 5 nitrogen and oxygen atoms in total. The lowest BCUT2D eigenvalue weighted by atomic mass is 9.83. The van der Waals surface area contributed by atoms with Gasteiger partial charge in [0.2, 0.25) is 5.91 Å². The minimum Gasteiger partial charge on any atom is -0.369 e. The summed E-state index contributed by atoms with van der Waals surface area (Å²) in [5, 5.41) is 8.66. The second kappa shape index (κ2) is 6.46. The number of pyridine rings is 1. The monoisotopic (exact) mass is 310 g/mol. The Morgan fingerprint density at radius 3 is 3.00 bits per heavy atom. The highest BCUT2D eigenvalue weighted by atomic mass is 16.1. The molecule has 2 aromatic rings. The SMILES string of the molecule is C[C@H]1C[C@H](c2ccc(C=N)c3ncccc23)CN(CC(N)=O)C1. The van der Waals surface area contributed by atoms with Gasteiger partial charge in [0, 0.05) is 36.5 Å². The van der Waals surface area contributed by atoms with Crippen molar-refractivity contribution in [1.82, 2.24) is 9.88 Å². The molecule has 1 fully saturated rings. The van der Waals surface area contributed by atoms with Crippen LogP contribution in [0, 0.1) is 11.3 Å². The lowest BCUT2D eigenvalue weighted by molar-refractivity contribution is -0.119. The van der Waals surface area contributed by atoms with Gasteiger partial charge in [-0.15, -0.1) is 0 Å². The number of nitrogens with one attached hydrogen (secondary N) is 1. The molecule has 0 bridgehead atoms. The van der Waals surface area contributed by atoms with Crippen molar-refractivity contribution in [2.24, 2.45) is 11.7 Å². The van der Waals surface area contributed by atoms with E-state index in [-0.39, 0.29) is 5.91 Å². The molecule has 1 aromatic carbocycles. The van der Waals surface area contributed by atoms with Gasteiger partial charge in [0.25, 0.3) is 0 Å². The number of nitrogens with two attached hydrogens (primary N) is 1. The first-order valence-corrected chi connectivity index (χ1v) is 7.97. The maximum absolute atomic E-state index is 11.3. The largest absolute Gasteiger partial charge is 0.369 e. The van der Waals surface area contributed by atoms with Crippen molar-refractivity contribution in [2.75, 3.05) is 19.6 Å². The number of hydrogen-bond donors (Lipinski definition) is 2. The summed E-state index contributed by atoms with van der Waals surface area (Å²) in [6, 6.07) is 8.08. The highest BCUT2D eigenvalue weighted by Gasteiger charge is 2.27. The number of hydrogen-bond acceptors (Lipinski definition) is 4. The van der Waals surface area contributed by atoms with E-state index in [2.05, 4.69) is 28.9 Å². The Bertz CT molecular complexity index is 743. The van der Waals surface area contributed by atoms with Crippen molar-refractivity contribution in [3.05, 3.63) is 41.6 Å². The molecule has 0 spiro atoms. The average Bonchev–Trinajstić information content (AvgIpc) is 2.52. The third kappa shape index (κ3) is 3.24. The molecule has 2 heterocycles. The number of aromatic nitrogens is 1. The molecule has 3 N–H and O–H groups in total. The van der Waals surface area contributed by atoms with Crippen molar-refractivity contribution in [3.8, 4) is 0 Å². The number of fused-ring (bicyclic) bond motifs is 1. The van der Waals surface area contributed by atoms with Gasteiger partial charge in [-0.3, -0.25) is 14.7 Å². The molecule has 0 unspecified atom stereocenters. The Hall–Kier alpha value is -2.27. The van der Waals surface area contributed by atoms with Gasteiger partial charge in [0.05, 0.1) is 12.1 Å². The molecule has 1 aromatic heterocycles. The van der Waals surface area contributed by atoms with Crippen molar-refractivity contribution < 1.29 is 4.79 Å². The summed E-state index contributed by atoms with van der Waals surface area (Å²) in [7, 11) is 0. The smallest absolute Gasteiger partial charge is 0.231 e. The molecule has 23 heavy (non-hydrogen) atoms. The van der Waals surface area contributed by atoms with Gasteiger partial charge in [0.1, 0.15) is 0 Å². The maximum Gasteiger partial charge on any atom is 0.231 e. The summed E-state index contributed by atoms with van der Waals surface area (Å²) in [6.45, 7) is 4.28. The molecule has 1 aliphatic heterocycles. The van der Waals surface area contributed by atoms with Gasteiger partial charge in [-0.05, 0) is 29.9 Å². The predicted molar refractivity (Wildman–Crippen MR) is 91.8 cm³/mol. The number of benzene rings is 1. The van der Waals surface area contributed by atoms with Gasteiger partial charge in [0.15, 0.2) is 0 Å². The molecule has 1 amide bonds. The summed E-state index contributed by atoms with van der Waals surface area (Å²) in [5.74, 6) is 0.593. The van der Waals surface area contributed by atoms with Crippen LogP contribution in [0.1, 0.15) is 30.4 Å². The standard InChI is InChI=1S/C18H22N4O/c1-12-7-14(10-22(9-12)11-17(20)23)15-5-4-13(8-19)18-16(15)3-2-6-21-18/h2-6,8,12,14,19H,7,9-11H2,1H3,(H2,20,23)/t12-,14-/m0/s1. The first kappa shape index (κ1) is 15.6. The van der Waals surface area contributed by atoms with E-state index in [1.165, 1.54) is 11.8 Å². The fourth-order valence-corrected chi connectivity index (χ4v) is 3.73. The van der Waals surface area contributed by atoms with Crippen LogP contribution >= 0.6 is 0 Å². The normalized spacial score (nSPS) is 22.1. The second-order valence-corrected chi connectivity index (χ2v) is 6.49. The number of rotatable bonds is 4. The number of likely N-dealkylation sites (tertiary alicyclic amines) is 1. The molecule has 1 saturated heterocycles. The Morgan fingerprint density at radius 2 is 2.26 bits per heavy atom. The summed E-state index contributed by atoms with van der Waals surface area (Å²) < 4.78 is 0. The number of piperidine rings is 1. The van der Waals surface area contributed by atoms with E-state index in [4.69, 9.17) is 11.1 Å². The zero-order valence-corrected chi connectivity index (χ0v) is 13.3. The van der Waals surface area contributed by atoms with Crippen LogP contribution in [0.25, 0.3) is 10.9 Å². The fourth-order valence-electron chi connectivity index (χ4n) is 3.73. The first-order valence-electron chi connectivity index (χ1n) is 7.97. The lowest BCUT2D eigenvalue weighted by Crippen LogP contribution is -2.43. The molecule has 3 rings (SSSR count). The Morgan fingerprint density at radius 1 is 1.43 bits per heavy atom. The van der Waals surface area contributed by atoms with E-state index >= 15 is 0 Å². The third-order valence-electron chi connectivity index (χ3n) is 4.54. The van der Waals surface area contributed by atoms with Crippen LogP contribution in [0.4, 0.5) is 0 Å². The molecule has 0 aliphatic carbocycles. The van der Waals surface area contributed by atoms with E-state index in [0.717, 1.165) is 36.0 Å². The first-order chi connectivity index (χ1) is 11.1. The Kier molecular flexibility index (Phi) is 4.39. The van der Waals surface area contributed by atoms with Crippen LogP contribution in [0.5, 0.6) is 0 Å². The number of carbonyl (C=O) groups excluding carboxylic acids is 1. The van der Waals surface area contributed by atoms with E-state index in [9.17, 15) is 4.79 Å². The highest BCUT2D eigenvalue weighted by Crippen LogP contribution is 2.34. The van der Waals surface area contributed by atoms with Crippen LogP contribution in [-0.4, -0.2) is 41.6 Å². The third-order valence-corrected chi connectivity index (χ3v) is 4.54. The molecular formula is C18H22N4O. The van der Waals surface area contributed by atoms with Crippen molar-refractivity contribution in [2.45, 2.75) is 19.3 Å². The predicted octanol–water partition coefficient (Wildman–Crippen LogP) is 2.14. The van der Waals surface area contributed by atoms with Crippen LogP contribution in [0.15, 0.2) is 30.5 Å². The van der Waals surface area contributed by atoms with Crippen molar-refractivity contribution in [3.63, 3.8) is 0 Å². The second-order valence-electron chi connectivity index (χ2n) is 6.49. The van der Waals surface area contributed by atoms with Crippen LogP contribution < -0.4 is 5.73 Å². The molecular weight excluding hydrogens is 288 g/mol. The Balaban J connectivity index is 1.99.